The van der Waals surface area contributed by atoms with Crippen molar-refractivity contribution in [2.24, 2.45) is 0 Å². The molecule has 0 aliphatic heterocycles. The summed E-state index contributed by atoms with van der Waals surface area (Å²) in [5, 5.41) is 4.40. The average molecular weight is 325 g/mol. The molecule has 0 fully saturated rings. The van der Waals surface area contributed by atoms with Crippen LogP contribution in [-0.4, -0.2) is 14.8 Å². The summed E-state index contributed by atoms with van der Waals surface area (Å²) < 4.78 is 1.89. The molecular weight excluding hydrogens is 306 g/mol. The van der Waals surface area contributed by atoms with Crippen LogP contribution in [0.25, 0.3) is 28.2 Å². The van der Waals surface area contributed by atoms with Gasteiger partial charge in [-0.1, -0.05) is 73.7 Å². The number of nitrogens with zero attached hydrogens (tertiary/aromatic N) is 3. The normalized spacial score (nSPS) is 10.8. The highest BCUT2D eigenvalue weighted by atomic mass is 15.3. The van der Waals surface area contributed by atoms with Gasteiger partial charge in [0.1, 0.15) is 6.33 Å². The summed E-state index contributed by atoms with van der Waals surface area (Å²) in [4.78, 5) is 4.46. The molecule has 0 bridgehead atoms. The van der Waals surface area contributed by atoms with Crippen LogP contribution in [0.3, 0.4) is 0 Å². The van der Waals surface area contributed by atoms with E-state index < -0.39 is 0 Å². The van der Waals surface area contributed by atoms with Crippen molar-refractivity contribution in [3.8, 4) is 28.2 Å². The molecule has 25 heavy (non-hydrogen) atoms. The highest BCUT2D eigenvalue weighted by Gasteiger charge is 2.09. The zero-order valence-corrected chi connectivity index (χ0v) is 14.1. The summed E-state index contributed by atoms with van der Waals surface area (Å²) >= 11 is 0. The number of rotatable bonds is 4. The maximum atomic E-state index is 4.46. The molecule has 4 aromatic rings. The molecule has 0 amide bonds. The van der Waals surface area contributed by atoms with E-state index in [1.54, 1.807) is 6.33 Å². The molecule has 0 radical (unpaired) electrons. The molecule has 1 aromatic heterocycles. The fraction of sp³-hybridized carbons (Fsp3) is 0.0909. The van der Waals surface area contributed by atoms with E-state index in [4.69, 9.17) is 0 Å². The van der Waals surface area contributed by atoms with E-state index in [-0.39, 0.29) is 0 Å². The minimum absolute atomic E-state index is 0.851. The third kappa shape index (κ3) is 3.09. The molecule has 3 heteroatoms. The monoisotopic (exact) mass is 325 g/mol. The Morgan fingerprint density at radius 1 is 0.720 bits per heavy atom. The quantitative estimate of drug-likeness (QED) is 0.518. The fourth-order valence-electron chi connectivity index (χ4n) is 2.94. The van der Waals surface area contributed by atoms with Crippen LogP contribution in [0.1, 0.15) is 12.5 Å². The van der Waals surface area contributed by atoms with Crippen molar-refractivity contribution in [2.75, 3.05) is 0 Å². The largest absolute Gasteiger partial charge is 0.215 e. The van der Waals surface area contributed by atoms with Crippen LogP contribution in [0.5, 0.6) is 0 Å². The minimum Gasteiger partial charge on any atom is -0.215 e. The molecule has 0 spiro atoms. The van der Waals surface area contributed by atoms with Crippen LogP contribution < -0.4 is 0 Å². The van der Waals surface area contributed by atoms with Gasteiger partial charge in [0.25, 0.3) is 0 Å². The maximum absolute atomic E-state index is 4.46. The van der Waals surface area contributed by atoms with Gasteiger partial charge in [0.2, 0.25) is 0 Å². The van der Waals surface area contributed by atoms with Crippen molar-refractivity contribution in [3.05, 3.63) is 90.8 Å². The topological polar surface area (TPSA) is 30.7 Å². The second kappa shape index (κ2) is 6.73. The number of aromatic nitrogens is 3. The Morgan fingerprint density at radius 3 is 2.04 bits per heavy atom. The van der Waals surface area contributed by atoms with Crippen molar-refractivity contribution in [2.45, 2.75) is 13.3 Å². The van der Waals surface area contributed by atoms with Gasteiger partial charge in [0, 0.05) is 5.56 Å². The Balaban J connectivity index is 1.68. The highest BCUT2D eigenvalue weighted by molar-refractivity contribution is 5.68. The van der Waals surface area contributed by atoms with E-state index in [0.717, 1.165) is 23.5 Å². The second-order valence-corrected chi connectivity index (χ2v) is 5.96. The molecule has 122 valence electrons. The van der Waals surface area contributed by atoms with E-state index in [1.165, 1.54) is 16.7 Å². The average Bonchev–Trinajstić information content (AvgIpc) is 3.19. The first-order valence-corrected chi connectivity index (χ1v) is 8.50. The van der Waals surface area contributed by atoms with Gasteiger partial charge < -0.3 is 0 Å². The predicted octanol–water partition coefficient (Wildman–Crippen LogP) is 5.16. The van der Waals surface area contributed by atoms with E-state index in [1.807, 2.05) is 10.7 Å². The van der Waals surface area contributed by atoms with Crippen molar-refractivity contribution < 1.29 is 0 Å². The third-order valence-corrected chi connectivity index (χ3v) is 4.39. The van der Waals surface area contributed by atoms with Gasteiger partial charge in [0.05, 0.1) is 5.69 Å². The standard InChI is InChI=1S/C22H19N3/c1-2-17-8-14-21(15-9-17)25-22(23-16-24-25)20-12-10-19(11-13-20)18-6-4-3-5-7-18/h3-16H,2H2,1H3. The Hall–Kier alpha value is -3.20. The molecule has 3 aromatic carbocycles. The molecular formula is C22H19N3. The molecule has 0 aliphatic carbocycles. The maximum Gasteiger partial charge on any atom is 0.163 e. The van der Waals surface area contributed by atoms with Gasteiger partial charge in [0.15, 0.2) is 5.82 Å². The van der Waals surface area contributed by atoms with E-state index in [9.17, 15) is 0 Å². The lowest BCUT2D eigenvalue weighted by Crippen LogP contribution is -1.99. The molecule has 0 atom stereocenters. The Bertz CT molecular complexity index is 952. The molecule has 1 heterocycles. The second-order valence-electron chi connectivity index (χ2n) is 5.96. The summed E-state index contributed by atoms with van der Waals surface area (Å²) in [6, 6.07) is 27.3. The Morgan fingerprint density at radius 2 is 1.36 bits per heavy atom. The Kier molecular flexibility index (Phi) is 4.13. The van der Waals surface area contributed by atoms with Crippen molar-refractivity contribution in [1.82, 2.24) is 14.8 Å². The number of benzene rings is 3. The zero-order valence-electron chi connectivity index (χ0n) is 14.1. The zero-order chi connectivity index (χ0) is 17.1. The van der Waals surface area contributed by atoms with Gasteiger partial charge in [-0.25, -0.2) is 9.67 Å². The molecule has 0 saturated carbocycles. The van der Waals surface area contributed by atoms with Gasteiger partial charge >= 0.3 is 0 Å². The third-order valence-electron chi connectivity index (χ3n) is 4.39. The van der Waals surface area contributed by atoms with Gasteiger partial charge in [-0.15, -0.1) is 0 Å². The lowest BCUT2D eigenvalue weighted by atomic mass is 10.0. The summed E-state index contributed by atoms with van der Waals surface area (Å²) in [6.45, 7) is 2.16. The predicted molar refractivity (Wildman–Crippen MR) is 102 cm³/mol. The van der Waals surface area contributed by atoms with Crippen LogP contribution in [0.15, 0.2) is 85.2 Å². The van der Waals surface area contributed by atoms with Crippen LogP contribution in [0.2, 0.25) is 0 Å². The Labute approximate surface area is 147 Å². The first-order chi connectivity index (χ1) is 12.3. The smallest absolute Gasteiger partial charge is 0.163 e. The first-order valence-electron chi connectivity index (χ1n) is 8.50. The molecule has 4 rings (SSSR count). The SMILES string of the molecule is CCc1ccc(-n2ncnc2-c2ccc(-c3ccccc3)cc2)cc1. The van der Waals surface area contributed by atoms with Crippen molar-refractivity contribution in [3.63, 3.8) is 0 Å². The number of hydrogen-bond donors (Lipinski definition) is 0. The van der Waals surface area contributed by atoms with E-state index >= 15 is 0 Å². The van der Waals surface area contributed by atoms with Crippen molar-refractivity contribution >= 4 is 0 Å². The number of aryl methyl sites for hydroxylation is 1. The molecule has 0 unspecified atom stereocenters. The lowest BCUT2D eigenvalue weighted by molar-refractivity contribution is 0.885. The molecule has 0 aliphatic rings. The van der Waals surface area contributed by atoms with Gasteiger partial charge in [-0.05, 0) is 35.2 Å². The highest BCUT2D eigenvalue weighted by Crippen LogP contribution is 2.25. The van der Waals surface area contributed by atoms with E-state index in [0.29, 0.717) is 0 Å². The fourth-order valence-corrected chi connectivity index (χ4v) is 2.94. The molecule has 3 nitrogen and oxygen atoms in total. The summed E-state index contributed by atoms with van der Waals surface area (Å²) in [6.07, 6.45) is 2.64. The molecule has 0 N–H and O–H groups in total. The van der Waals surface area contributed by atoms with Crippen LogP contribution in [-0.2, 0) is 6.42 Å². The van der Waals surface area contributed by atoms with Crippen LogP contribution in [0.4, 0.5) is 0 Å². The minimum atomic E-state index is 0.851. The van der Waals surface area contributed by atoms with E-state index in [2.05, 4.69) is 89.8 Å². The summed E-state index contributed by atoms with van der Waals surface area (Å²) in [7, 11) is 0. The van der Waals surface area contributed by atoms with Gasteiger partial charge in [-0.3, -0.25) is 0 Å². The van der Waals surface area contributed by atoms with Crippen LogP contribution >= 0.6 is 0 Å². The molecule has 0 saturated heterocycles. The van der Waals surface area contributed by atoms with Gasteiger partial charge in [-0.2, -0.15) is 5.10 Å². The number of hydrogen-bond acceptors (Lipinski definition) is 2. The summed E-state index contributed by atoms with van der Waals surface area (Å²) in [5.74, 6) is 0.851. The summed E-state index contributed by atoms with van der Waals surface area (Å²) in [5.41, 5.74) is 5.81. The lowest BCUT2D eigenvalue weighted by Gasteiger charge is -2.08. The first kappa shape index (κ1) is 15.3. The van der Waals surface area contributed by atoms with Crippen molar-refractivity contribution in [1.29, 1.82) is 0 Å². The van der Waals surface area contributed by atoms with Crippen LogP contribution in [0, 0.1) is 0 Å².